The number of methoxy groups -OCH3 is 1. The average Bonchev–Trinajstić information content (AvgIpc) is 1.98. The van der Waals surface area contributed by atoms with Gasteiger partial charge in [0.05, 0.1) is 12.7 Å². The summed E-state index contributed by atoms with van der Waals surface area (Å²) in [6.07, 6.45) is -0.433. The van der Waals surface area contributed by atoms with Gasteiger partial charge in [-0.2, -0.15) is 0 Å². The highest BCUT2D eigenvalue weighted by Crippen LogP contribution is 1.73. The minimum atomic E-state index is -0.433. The van der Waals surface area contributed by atoms with Crippen molar-refractivity contribution >= 4 is 0 Å². The molecule has 0 rings (SSSR count). The first-order chi connectivity index (χ1) is 4.81. The van der Waals surface area contributed by atoms with Crippen molar-refractivity contribution in [1.82, 2.24) is 5.32 Å². The van der Waals surface area contributed by atoms with Crippen LogP contribution in [0, 0.1) is 0 Å². The molecule has 0 aromatic carbocycles. The van der Waals surface area contributed by atoms with E-state index in [9.17, 15) is 0 Å². The van der Waals surface area contributed by atoms with Gasteiger partial charge < -0.3 is 20.9 Å². The molecule has 0 saturated heterocycles. The molecular weight excluding hydrogens is 132 g/mol. The van der Waals surface area contributed by atoms with Crippen molar-refractivity contribution in [2.45, 2.75) is 6.10 Å². The number of nitrogens with two attached hydrogens (primary N) is 1. The summed E-state index contributed by atoms with van der Waals surface area (Å²) < 4.78 is 4.78. The van der Waals surface area contributed by atoms with Gasteiger partial charge in [-0.3, -0.25) is 0 Å². The lowest BCUT2D eigenvalue weighted by molar-refractivity contribution is 0.165. The number of hydrogen-bond acceptors (Lipinski definition) is 4. The fourth-order valence-electron chi connectivity index (χ4n) is 0.526. The van der Waals surface area contributed by atoms with Gasteiger partial charge in [0.25, 0.3) is 0 Å². The first-order valence-corrected chi connectivity index (χ1v) is 3.39. The third-order valence-electron chi connectivity index (χ3n) is 1.14. The molecule has 0 spiro atoms. The van der Waals surface area contributed by atoms with E-state index in [1.165, 1.54) is 0 Å². The van der Waals surface area contributed by atoms with Crippen LogP contribution in [-0.2, 0) is 4.74 Å². The summed E-state index contributed by atoms with van der Waals surface area (Å²) in [5.41, 5.74) is 5.17. The van der Waals surface area contributed by atoms with E-state index in [0.29, 0.717) is 19.7 Å². The second kappa shape index (κ2) is 6.95. The Kier molecular flexibility index (Phi) is 6.84. The molecule has 0 fully saturated rings. The third-order valence-corrected chi connectivity index (χ3v) is 1.14. The van der Waals surface area contributed by atoms with E-state index < -0.39 is 6.10 Å². The van der Waals surface area contributed by atoms with Crippen molar-refractivity contribution in [3.63, 3.8) is 0 Å². The van der Waals surface area contributed by atoms with Crippen molar-refractivity contribution in [2.24, 2.45) is 5.73 Å². The molecule has 0 heterocycles. The molecular formula is C6H16N2O2. The van der Waals surface area contributed by atoms with Gasteiger partial charge in [0.15, 0.2) is 0 Å². The van der Waals surface area contributed by atoms with Crippen LogP contribution in [0.4, 0.5) is 0 Å². The SMILES string of the molecule is COCCNCC(O)CN. The van der Waals surface area contributed by atoms with Crippen molar-refractivity contribution in [3.8, 4) is 0 Å². The lowest BCUT2D eigenvalue weighted by Gasteiger charge is -2.07. The summed E-state index contributed by atoms with van der Waals surface area (Å²) in [4.78, 5) is 0. The molecule has 4 heteroatoms. The van der Waals surface area contributed by atoms with Gasteiger partial charge in [0.1, 0.15) is 0 Å². The average molecular weight is 148 g/mol. The molecule has 0 aliphatic rings. The van der Waals surface area contributed by atoms with Crippen LogP contribution >= 0.6 is 0 Å². The number of aliphatic hydroxyl groups excluding tert-OH is 1. The minimum absolute atomic E-state index is 0.306. The summed E-state index contributed by atoms with van der Waals surface area (Å²) in [6, 6.07) is 0. The Bertz CT molecular complexity index is 70.8. The molecule has 0 aromatic rings. The van der Waals surface area contributed by atoms with Crippen LogP contribution in [0.15, 0.2) is 0 Å². The van der Waals surface area contributed by atoms with E-state index in [-0.39, 0.29) is 0 Å². The summed E-state index contributed by atoms with van der Waals surface area (Å²) in [5, 5.41) is 11.9. The summed E-state index contributed by atoms with van der Waals surface area (Å²) in [5.74, 6) is 0. The van der Waals surface area contributed by atoms with Gasteiger partial charge in [0, 0.05) is 26.7 Å². The molecule has 0 amide bonds. The van der Waals surface area contributed by atoms with Crippen molar-refractivity contribution < 1.29 is 9.84 Å². The minimum Gasteiger partial charge on any atom is -0.390 e. The lowest BCUT2D eigenvalue weighted by Crippen LogP contribution is -2.34. The molecule has 0 radical (unpaired) electrons. The highest BCUT2D eigenvalue weighted by Gasteiger charge is 1.97. The molecule has 10 heavy (non-hydrogen) atoms. The van der Waals surface area contributed by atoms with Crippen LogP contribution < -0.4 is 11.1 Å². The van der Waals surface area contributed by atoms with E-state index in [4.69, 9.17) is 15.6 Å². The maximum Gasteiger partial charge on any atom is 0.0786 e. The Morgan fingerprint density at radius 2 is 2.40 bits per heavy atom. The van der Waals surface area contributed by atoms with Crippen LogP contribution in [0.25, 0.3) is 0 Å². The Hall–Kier alpha value is -0.160. The largest absolute Gasteiger partial charge is 0.390 e. The van der Waals surface area contributed by atoms with Crippen LogP contribution in [0.2, 0.25) is 0 Å². The highest BCUT2D eigenvalue weighted by molar-refractivity contribution is 4.58. The molecule has 62 valence electrons. The highest BCUT2D eigenvalue weighted by atomic mass is 16.5. The molecule has 0 bridgehead atoms. The van der Waals surface area contributed by atoms with E-state index in [1.54, 1.807) is 7.11 Å². The van der Waals surface area contributed by atoms with Gasteiger partial charge >= 0.3 is 0 Å². The Morgan fingerprint density at radius 1 is 1.70 bits per heavy atom. The molecule has 1 atom stereocenters. The first-order valence-electron chi connectivity index (χ1n) is 3.39. The van der Waals surface area contributed by atoms with Crippen molar-refractivity contribution in [2.75, 3.05) is 33.4 Å². The zero-order valence-electron chi connectivity index (χ0n) is 6.34. The predicted molar refractivity (Wildman–Crippen MR) is 39.8 cm³/mol. The van der Waals surface area contributed by atoms with E-state index >= 15 is 0 Å². The van der Waals surface area contributed by atoms with Crippen LogP contribution in [0.3, 0.4) is 0 Å². The second-order valence-corrected chi connectivity index (χ2v) is 2.09. The quantitative estimate of drug-likeness (QED) is 0.403. The predicted octanol–water partition coefficient (Wildman–Crippen LogP) is -1.46. The number of hydrogen-bond donors (Lipinski definition) is 3. The number of aliphatic hydroxyl groups is 1. The Labute approximate surface area is 61.4 Å². The lowest BCUT2D eigenvalue weighted by atomic mass is 10.3. The van der Waals surface area contributed by atoms with Crippen LogP contribution in [0.1, 0.15) is 0 Å². The first kappa shape index (κ1) is 9.84. The fraction of sp³-hybridized carbons (Fsp3) is 1.00. The molecule has 4 nitrogen and oxygen atoms in total. The topological polar surface area (TPSA) is 67.5 Å². The smallest absolute Gasteiger partial charge is 0.0786 e. The molecule has 0 aromatic heterocycles. The van der Waals surface area contributed by atoms with Gasteiger partial charge in [-0.1, -0.05) is 0 Å². The van der Waals surface area contributed by atoms with Crippen LogP contribution in [0.5, 0.6) is 0 Å². The maximum atomic E-state index is 8.93. The van der Waals surface area contributed by atoms with Gasteiger partial charge in [0.2, 0.25) is 0 Å². The van der Waals surface area contributed by atoms with Gasteiger partial charge in [-0.25, -0.2) is 0 Å². The second-order valence-electron chi connectivity index (χ2n) is 2.09. The van der Waals surface area contributed by atoms with Gasteiger partial charge in [-0.05, 0) is 0 Å². The van der Waals surface area contributed by atoms with Crippen LogP contribution in [-0.4, -0.2) is 44.6 Å². The summed E-state index contributed by atoms with van der Waals surface area (Å²) in [7, 11) is 1.64. The van der Waals surface area contributed by atoms with E-state index in [0.717, 1.165) is 6.54 Å². The molecule has 0 aliphatic carbocycles. The molecule has 0 aliphatic heterocycles. The number of rotatable bonds is 6. The van der Waals surface area contributed by atoms with Crippen molar-refractivity contribution in [3.05, 3.63) is 0 Å². The van der Waals surface area contributed by atoms with E-state index in [1.807, 2.05) is 0 Å². The summed E-state index contributed by atoms with van der Waals surface area (Å²) >= 11 is 0. The standard InChI is InChI=1S/C6H16N2O2/c1-10-3-2-8-5-6(9)4-7/h6,8-9H,2-5,7H2,1H3. The third kappa shape index (κ3) is 5.97. The maximum absolute atomic E-state index is 8.93. The Morgan fingerprint density at radius 3 is 2.90 bits per heavy atom. The molecule has 4 N–H and O–H groups in total. The van der Waals surface area contributed by atoms with Gasteiger partial charge in [-0.15, -0.1) is 0 Å². The summed E-state index contributed by atoms with van der Waals surface area (Å²) in [6.45, 7) is 2.27. The van der Waals surface area contributed by atoms with E-state index in [2.05, 4.69) is 5.32 Å². The fourth-order valence-corrected chi connectivity index (χ4v) is 0.526. The zero-order chi connectivity index (χ0) is 7.82. The molecule has 1 unspecified atom stereocenters. The molecule has 0 saturated carbocycles. The zero-order valence-corrected chi connectivity index (χ0v) is 6.34. The Balaban J connectivity index is 2.89. The normalized spacial score (nSPS) is 13.5. The number of nitrogens with one attached hydrogen (secondary N) is 1. The number of ether oxygens (including phenoxy) is 1. The van der Waals surface area contributed by atoms with Crippen molar-refractivity contribution in [1.29, 1.82) is 0 Å². The monoisotopic (exact) mass is 148 g/mol.